The van der Waals surface area contributed by atoms with Gasteiger partial charge in [-0.25, -0.2) is 17.9 Å². The Kier molecular flexibility index (Phi) is 6.84. The van der Waals surface area contributed by atoms with Crippen molar-refractivity contribution in [3.05, 3.63) is 83.4 Å². The van der Waals surface area contributed by atoms with Crippen LogP contribution in [0.15, 0.2) is 71.6 Å². The van der Waals surface area contributed by atoms with Crippen molar-refractivity contribution in [1.29, 1.82) is 0 Å². The Morgan fingerprint density at radius 3 is 2.24 bits per heavy atom. The number of sulfonamides is 1. The Morgan fingerprint density at radius 2 is 1.56 bits per heavy atom. The summed E-state index contributed by atoms with van der Waals surface area (Å²) in [5.41, 5.74) is 1.81. The minimum absolute atomic E-state index is 0.0127. The van der Waals surface area contributed by atoms with E-state index in [-0.39, 0.29) is 35.5 Å². The molecular weight excluding hydrogens is 604 g/mol. The molecule has 12 nitrogen and oxygen atoms in total. The number of amides is 2. The van der Waals surface area contributed by atoms with Gasteiger partial charge in [0, 0.05) is 11.8 Å². The number of esters is 1. The van der Waals surface area contributed by atoms with Gasteiger partial charge in [-0.1, -0.05) is 30.3 Å². The van der Waals surface area contributed by atoms with Crippen LogP contribution >= 0.6 is 0 Å². The Balaban J connectivity index is 1.28. The van der Waals surface area contributed by atoms with Crippen molar-refractivity contribution < 1.29 is 46.8 Å². The van der Waals surface area contributed by atoms with E-state index < -0.39 is 45.8 Å². The van der Waals surface area contributed by atoms with Crippen LogP contribution in [0.3, 0.4) is 0 Å². The Morgan fingerprint density at radius 1 is 0.889 bits per heavy atom. The first-order valence-electron chi connectivity index (χ1n) is 14.1. The van der Waals surface area contributed by atoms with E-state index in [1.807, 2.05) is 12.1 Å². The number of phenolic OH excluding ortho intramolecular Hbond substituents is 1. The van der Waals surface area contributed by atoms with Crippen LogP contribution in [0, 0.1) is 11.8 Å². The smallest absolute Gasteiger partial charge is 0.329 e. The summed E-state index contributed by atoms with van der Waals surface area (Å²) in [6.45, 7) is -0.0379. The van der Waals surface area contributed by atoms with Gasteiger partial charge in [0.05, 0.1) is 37.7 Å². The maximum atomic E-state index is 13.4. The first kappa shape index (κ1) is 28.6. The van der Waals surface area contributed by atoms with Crippen molar-refractivity contribution in [3.8, 4) is 28.7 Å². The molecule has 3 N–H and O–H groups in total. The van der Waals surface area contributed by atoms with E-state index in [1.54, 1.807) is 42.5 Å². The van der Waals surface area contributed by atoms with Crippen LogP contribution in [0.2, 0.25) is 0 Å². The molecule has 13 heteroatoms. The largest absolute Gasteiger partial charge is 0.502 e. The standard InChI is InChI=1S/C32H28N2O10S/c1-40-25-10-18(11-26(41-2)30(25)35)27-20-12-23-24(44-15-43-23)13-21(20)29(22-14-42-31(36)28(22)27)33-32(37)34-45(38,39)19-8-7-16-5-3-4-6-17(16)9-19/h3-13,22,27-29,35H,14-15H2,1-2H3,(H2,33,34,37)/t22-,27+,28-,29+/m0/s1. The maximum Gasteiger partial charge on any atom is 0.329 e. The molecule has 0 radical (unpaired) electrons. The third-order valence-electron chi connectivity index (χ3n) is 8.59. The molecule has 3 aliphatic rings. The number of hydrogen-bond donors (Lipinski definition) is 3. The molecule has 1 aliphatic carbocycles. The van der Waals surface area contributed by atoms with Crippen molar-refractivity contribution in [2.24, 2.45) is 11.8 Å². The number of ether oxygens (including phenoxy) is 5. The van der Waals surface area contributed by atoms with E-state index in [2.05, 4.69) is 10.0 Å². The summed E-state index contributed by atoms with van der Waals surface area (Å²) in [7, 11) is -1.44. The molecule has 45 heavy (non-hydrogen) atoms. The number of benzene rings is 4. The van der Waals surface area contributed by atoms with Crippen LogP contribution in [-0.4, -0.2) is 53.1 Å². The number of aromatic hydroxyl groups is 1. The average molecular weight is 633 g/mol. The molecule has 2 heterocycles. The van der Waals surface area contributed by atoms with E-state index >= 15 is 0 Å². The van der Waals surface area contributed by atoms with Crippen molar-refractivity contribution in [1.82, 2.24) is 10.0 Å². The Labute approximate surface area is 257 Å². The highest BCUT2D eigenvalue weighted by Gasteiger charge is 2.53. The van der Waals surface area contributed by atoms with E-state index in [4.69, 9.17) is 23.7 Å². The molecule has 232 valence electrons. The van der Waals surface area contributed by atoms with Crippen LogP contribution in [0.25, 0.3) is 10.8 Å². The first-order chi connectivity index (χ1) is 21.7. The zero-order chi connectivity index (χ0) is 31.5. The molecule has 4 atom stereocenters. The summed E-state index contributed by atoms with van der Waals surface area (Å²) in [6.07, 6.45) is 0. The lowest BCUT2D eigenvalue weighted by Gasteiger charge is -2.39. The number of urea groups is 1. The number of carbonyl (C=O) groups excluding carboxylic acids is 2. The highest BCUT2D eigenvalue weighted by atomic mass is 32.2. The first-order valence-corrected chi connectivity index (χ1v) is 15.5. The van der Waals surface area contributed by atoms with Gasteiger partial charge in [-0.2, -0.15) is 0 Å². The van der Waals surface area contributed by atoms with Crippen molar-refractivity contribution in [2.75, 3.05) is 27.6 Å². The Hall–Kier alpha value is -5.17. The van der Waals surface area contributed by atoms with Crippen molar-refractivity contribution in [3.63, 3.8) is 0 Å². The van der Waals surface area contributed by atoms with Crippen LogP contribution in [0.4, 0.5) is 4.79 Å². The number of hydrogen-bond acceptors (Lipinski definition) is 10. The van der Waals surface area contributed by atoms with E-state index in [0.29, 0.717) is 33.6 Å². The van der Waals surface area contributed by atoms with Crippen LogP contribution in [0.1, 0.15) is 28.7 Å². The molecule has 0 aromatic heterocycles. The third kappa shape index (κ3) is 4.79. The second kappa shape index (κ2) is 10.8. The van der Waals surface area contributed by atoms with E-state index in [0.717, 1.165) is 5.39 Å². The number of carbonyl (C=O) groups is 2. The number of phenols is 1. The lowest BCUT2D eigenvalue weighted by Crippen LogP contribution is -2.47. The molecule has 1 saturated heterocycles. The summed E-state index contributed by atoms with van der Waals surface area (Å²) in [5, 5.41) is 14.9. The summed E-state index contributed by atoms with van der Waals surface area (Å²) in [5.74, 6) is -1.51. The number of nitrogens with one attached hydrogen (secondary N) is 2. The molecule has 1 fully saturated rings. The minimum atomic E-state index is -4.25. The predicted octanol–water partition coefficient (Wildman–Crippen LogP) is 3.96. The molecule has 0 unspecified atom stereocenters. The third-order valence-corrected chi connectivity index (χ3v) is 9.92. The highest BCUT2D eigenvalue weighted by molar-refractivity contribution is 7.90. The Bertz CT molecular complexity index is 1950. The number of methoxy groups -OCH3 is 2. The maximum absolute atomic E-state index is 13.4. The lowest BCUT2D eigenvalue weighted by atomic mass is 9.65. The van der Waals surface area contributed by atoms with Gasteiger partial charge in [0.15, 0.2) is 23.0 Å². The van der Waals surface area contributed by atoms with Gasteiger partial charge in [-0.3, -0.25) is 4.79 Å². The fourth-order valence-corrected chi connectivity index (χ4v) is 7.48. The quantitative estimate of drug-likeness (QED) is 0.266. The van der Waals surface area contributed by atoms with Gasteiger partial charge in [0.25, 0.3) is 10.0 Å². The zero-order valence-corrected chi connectivity index (χ0v) is 24.9. The van der Waals surface area contributed by atoms with Gasteiger partial charge in [-0.15, -0.1) is 0 Å². The average Bonchev–Trinajstić information content (AvgIpc) is 3.66. The van der Waals surface area contributed by atoms with Crippen LogP contribution in [0.5, 0.6) is 28.7 Å². The molecular formula is C32H28N2O10S. The fraction of sp³-hybridized carbons (Fsp3) is 0.250. The molecule has 4 aromatic rings. The van der Waals surface area contributed by atoms with Gasteiger partial charge in [0.1, 0.15) is 0 Å². The van der Waals surface area contributed by atoms with E-state index in [9.17, 15) is 23.1 Å². The molecule has 2 amide bonds. The van der Waals surface area contributed by atoms with Gasteiger partial charge in [-0.05, 0) is 63.9 Å². The van der Waals surface area contributed by atoms with Crippen molar-refractivity contribution >= 4 is 32.8 Å². The highest BCUT2D eigenvalue weighted by Crippen LogP contribution is 2.55. The lowest BCUT2D eigenvalue weighted by molar-refractivity contribution is -0.141. The van der Waals surface area contributed by atoms with E-state index in [1.165, 1.54) is 26.4 Å². The fourth-order valence-electron chi connectivity index (χ4n) is 6.53. The predicted molar refractivity (Wildman–Crippen MR) is 159 cm³/mol. The van der Waals surface area contributed by atoms with Crippen LogP contribution < -0.4 is 29.0 Å². The topological polar surface area (TPSA) is 159 Å². The summed E-state index contributed by atoms with van der Waals surface area (Å²) >= 11 is 0. The normalized spacial score (nSPS) is 21.4. The molecule has 4 aromatic carbocycles. The molecule has 0 saturated carbocycles. The molecule has 0 spiro atoms. The monoisotopic (exact) mass is 632 g/mol. The number of cyclic esters (lactones) is 1. The number of fused-ring (bicyclic) bond motifs is 4. The van der Waals surface area contributed by atoms with Crippen molar-refractivity contribution in [2.45, 2.75) is 16.9 Å². The SMILES string of the molecule is COc1cc([C@@H]2c3cc4c(cc3[C@@H](NC(=O)NS(=O)(=O)c3ccc5ccccc5c3)[C@H]3COC(=O)[C@H]23)OCO4)cc(OC)c1O. The van der Waals surface area contributed by atoms with Gasteiger partial charge >= 0.3 is 12.0 Å². The second-order valence-corrected chi connectivity index (χ2v) is 12.7. The summed E-state index contributed by atoms with van der Waals surface area (Å²) in [4.78, 5) is 26.7. The molecule has 2 aliphatic heterocycles. The zero-order valence-electron chi connectivity index (χ0n) is 24.1. The summed E-state index contributed by atoms with van der Waals surface area (Å²) in [6, 6.07) is 16.8. The molecule has 7 rings (SSSR count). The second-order valence-electron chi connectivity index (χ2n) is 11.0. The van der Waals surface area contributed by atoms with Gasteiger partial charge < -0.3 is 34.1 Å². The minimum Gasteiger partial charge on any atom is -0.502 e. The number of rotatable bonds is 6. The van der Waals surface area contributed by atoms with Crippen LogP contribution in [-0.2, 0) is 19.6 Å². The molecule has 0 bridgehead atoms. The van der Waals surface area contributed by atoms with Gasteiger partial charge in [0.2, 0.25) is 12.5 Å². The summed E-state index contributed by atoms with van der Waals surface area (Å²) < 4.78 is 56.2.